The van der Waals surface area contributed by atoms with Crippen molar-refractivity contribution in [2.75, 3.05) is 6.61 Å². The number of hydrogen-bond acceptors (Lipinski definition) is 2. The number of hydrogen-bond donors (Lipinski definition) is 1. The van der Waals surface area contributed by atoms with E-state index in [9.17, 15) is 0 Å². The van der Waals surface area contributed by atoms with Gasteiger partial charge in [0.1, 0.15) is 11.9 Å². The van der Waals surface area contributed by atoms with E-state index in [1.54, 1.807) is 6.07 Å². The van der Waals surface area contributed by atoms with Crippen LogP contribution in [0.3, 0.4) is 0 Å². The maximum atomic E-state index is 8.93. The summed E-state index contributed by atoms with van der Waals surface area (Å²) in [6.07, 6.45) is 0.607. The molecule has 0 bridgehead atoms. The van der Waals surface area contributed by atoms with Crippen LogP contribution in [0.15, 0.2) is 16.6 Å². The highest BCUT2D eigenvalue weighted by molar-refractivity contribution is 9.10. The summed E-state index contributed by atoms with van der Waals surface area (Å²) in [5.41, 5.74) is 1.05. The molecule has 0 radical (unpaired) electrons. The fraction of sp³-hybridized carbons (Fsp3) is 0.333. The molecule has 0 aromatic heterocycles. The first-order chi connectivity index (χ1) is 6.20. The SMILES string of the molecule is OC[C@H]1Cc2cc(Cl)cc(Br)c2O1. The minimum Gasteiger partial charge on any atom is -0.486 e. The third-order valence-electron chi connectivity index (χ3n) is 2.02. The lowest BCUT2D eigenvalue weighted by atomic mass is 10.1. The summed E-state index contributed by atoms with van der Waals surface area (Å²) in [7, 11) is 0. The Kier molecular flexibility index (Phi) is 2.49. The molecule has 0 saturated carbocycles. The zero-order chi connectivity index (χ0) is 9.42. The average Bonchev–Trinajstić information content (AvgIpc) is 2.47. The van der Waals surface area contributed by atoms with Gasteiger partial charge in [0, 0.05) is 17.0 Å². The van der Waals surface area contributed by atoms with Gasteiger partial charge < -0.3 is 9.84 Å². The van der Waals surface area contributed by atoms with Gasteiger partial charge in [-0.1, -0.05) is 11.6 Å². The van der Waals surface area contributed by atoms with Gasteiger partial charge in [0.2, 0.25) is 0 Å². The quantitative estimate of drug-likeness (QED) is 0.843. The van der Waals surface area contributed by atoms with Crippen molar-refractivity contribution < 1.29 is 9.84 Å². The number of rotatable bonds is 1. The number of aliphatic hydroxyl groups excluding tert-OH is 1. The molecule has 1 atom stereocenters. The molecule has 0 amide bonds. The molecule has 0 unspecified atom stereocenters. The highest BCUT2D eigenvalue weighted by atomic mass is 79.9. The Labute approximate surface area is 89.6 Å². The van der Waals surface area contributed by atoms with E-state index in [4.69, 9.17) is 21.4 Å². The van der Waals surface area contributed by atoms with E-state index in [0.29, 0.717) is 5.02 Å². The maximum absolute atomic E-state index is 8.93. The Bertz CT molecular complexity index is 341. The Morgan fingerprint density at radius 1 is 1.62 bits per heavy atom. The van der Waals surface area contributed by atoms with Gasteiger partial charge in [-0.15, -0.1) is 0 Å². The molecule has 1 aromatic rings. The third-order valence-corrected chi connectivity index (χ3v) is 2.83. The predicted octanol–water partition coefficient (Wildman–Crippen LogP) is 2.40. The average molecular weight is 264 g/mol. The molecule has 1 aliphatic rings. The van der Waals surface area contributed by atoms with Crippen molar-refractivity contribution in [3.8, 4) is 5.75 Å². The topological polar surface area (TPSA) is 29.5 Å². The minimum absolute atomic E-state index is 0.0404. The number of ether oxygens (including phenoxy) is 1. The van der Waals surface area contributed by atoms with E-state index in [2.05, 4.69) is 15.9 Å². The van der Waals surface area contributed by atoms with Crippen LogP contribution in [0.4, 0.5) is 0 Å². The molecule has 70 valence electrons. The van der Waals surface area contributed by atoms with Crippen molar-refractivity contribution in [1.82, 2.24) is 0 Å². The Morgan fingerprint density at radius 2 is 2.38 bits per heavy atom. The van der Waals surface area contributed by atoms with E-state index in [1.165, 1.54) is 0 Å². The molecule has 0 fully saturated rings. The molecule has 0 spiro atoms. The summed E-state index contributed by atoms with van der Waals surface area (Å²) in [6, 6.07) is 3.66. The predicted molar refractivity (Wildman–Crippen MR) is 54.4 cm³/mol. The number of benzene rings is 1. The number of fused-ring (bicyclic) bond motifs is 1. The van der Waals surface area contributed by atoms with E-state index in [1.807, 2.05) is 6.07 Å². The highest BCUT2D eigenvalue weighted by Gasteiger charge is 2.24. The van der Waals surface area contributed by atoms with E-state index < -0.39 is 0 Å². The van der Waals surface area contributed by atoms with Crippen LogP contribution >= 0.6 is 27.5 Å². The van der Waals surface area contributed by atoms with Gasteiger partial charge in [-0.2, -0.15) is 0 Å². The van der Waals surface area contributed by atoms with Gasteiger partial charge in [-0.3, -0.25) is 0 Å². The summed E-state index contributed by atoms with van der Waals surface area (Å²) in [6.45, 7) is 0.0404. The van der Waals surface area contributed by atoms with Crippen LogP contribution in [0.1, 0.15) is 5.56 Å². The second kappa shape index (κ2) is 3.48. The molecular weight excluding hydrogens is 255 g/mol. The van der Waals surface area contributed by atoms with Crippen molar-refractivity contribution in [3.63, 3.8) is 0 Å². The molecule has 2 nitrogen and oxygen atoms in total. The molecule has 4 heteroatoms. The summed E-state index contributed by atoms with van der Waals surface area (Å²) in [5, 5.41) is 9.61. The molecule has 13 heavy (non-hydrogen) atoms. The maximum Gasteiger partial charge on any atom is 0.137 e. The molecular formula is C9H8BrClO2. The lowest BCUT2D eigenvalue weighted by Crippen LogP contribution is -2.17. The Balaban J connectivity index is 2.40. The normalized spacial score (nSPS) is 19.8. The van der Waals surface area contributed by atoms with Crippen molar-refractivity contribution in [3.05, 3.63) is 27.2 Å². The molecule has 2 rings (SSSR count). The Hall–Kier alpha value is -0.250. The smallest absolute Gasteiger partial charge is 0.137 e. The van der Waals surface area contributed by atoms with Crippen LogP contribution in [0.25, 0.3) is 0 Å². The van der Waals surface area contributed by atoms with Gasteiger partial charge in [0.15, 0.2) is 0 Å². The van der Waals surface area contributed by atoms with Crippen LogP contribution in [-0.2, 0) is 6.42 Å². The summed E-state index contributed by atoms with van der Waals surface area (Å²) in [5.74, 6) is 0.809. The number of halogens is 2. The van der Waals surface area contributed by atoms with Crippen LogP contribution in [0.5, 0.6) is 5.75 Å². The first-order valence-electron chi connectivity index (χ1n) is 3.96. The standard InChI is InChI=1S/C9H8BrClO2/c10-8-3-6(11)1-5-2-7(4-12)13-9(5)8/h1,3,7,12H,2,4H2/t7-/m1/s1. The molecule has 1 aliphatic heterocycles. The van der Waals surface area contributed by atoms with Crippen LogP contribution < -0.4 is 4.74 Å². The fourth-order valence-corrected chi connectivity index (χ4v) is 2.42. The van der Waals surface area contributed by atoms with E-state index >= 15 is 0 Å². The first kappa shape index (κ1) is 9.31. The second-order valence-electron chi connectivity index (χ2n) is 3.00. The monoisotopic (exact) mass is 262 g/mol. The minimum atomic E-state index is -0.121. The van der Waals surface area contributed by atoms with E-state index in [-0.39, 0.29) is 12.7 Å². The van der Waals surface area contributed by atoms with Gasteiger partial charge in [-0.05, 0) is 28.1 Å². The Morgan fingerprint density at radius 3 is 3.08 bits per heavy atom. The van der Waals surface area contributed by atoms with Crippen molar-refractivity contribution in [1.29, 1.82) is 0 Å². The van der Waals surface area contributed by atoms with Gasteiger partial charge >= 0.3 is 0 Å². The second-order valence-corrected chi connectivity index (χ2v) is 4.29. The lowest BCUT2D eigenvalue weighted by molar-refractivity contribution is 0.134. The lowest BCUT2D eigenvalue weighted by Gasteiger charge is -2.06. The molecule has 0 saturated heterocycles. The molecule has 0 aliphatic carbocycles. The molecule has 1 N–H and O–H groups in total. The van der Waals surface area contributed by atoms with Crippen molar-refractivity contribution >= 4 is 27.5 Å². The summed E-state index contributed by atoms with van der Waals surface area (Å²) >= 11 is 9.24. The first-order valence-corrected chi connectivity index (χ1v) is 5.13. The van der Waals surface area contributed by atoms with Gasteiger partial charge in [0.05, 0.1) is 11.1 Å². The zero-order valence-corrected chi connectivity index (χ0v) is 9.10. The third kappa shape index (κ3) is 1.68. The van der Waals surface area contributed by atoms with Crippen molar-refractivity contribution in [2.45, 2.75) is 12.5 Å². The van der Waals surface area contributed by atoms with Crippen molar-refractivity contribution in [2.24, 2.45) is 0 Å². The van der Waals surface area contributed by atoms with Crippen LogP contribution in [0, 0.1) is 0 Å². The van der Waals surface area contributed by atoms with Gasteiger partial charge in [0.25, 0.3) is 0 Å². The molecule has 1 heterocycles. The zero-order valence-electron chi connectivity index (χ0n) is 6.76. The highest BCUT2D eigenvalue weighted by Crippen LogP contribution is 2.38. The summed E-state index contributed by atoms with van der Waals surface area (Å²) < 4.78 is 6.34. The van der Waals surface area contributed by atoms with Crippen LogP contribution in [-0.4, -0.2) is 17.8 Å². The van der Waals surface area contributed by atoms with E-state index in [0.717, 1.165) is 22.2 Å². The largest absolute Gasteiger partial charge is 0.486 e. The molecule has 1 aromatic carbocycles. The fourth-order valence-electron chi connectivity index (χ4n) is 1.45. The van der Waals surface area contributed by atoms with Crippen LogP contribution in [0.2, 0.25) is 5.02 Å². The van der Waals surface area contributed by atoms with Gasteiger partial charge in [-0.25, -0.2) is 0 Å². The number of aliphatic hydroxyl groups is 1. The summed E-state index contributed by atoms with van der Waals surface area (Å²) in [4.78, 5) is 0.